The highest BCUT2D eigenvalue weighted by Gasteiger charge is 2.27. The smallest absolute Gasteiger partial charge is 0.287 e. The molecule has 0 radical (unpaired) electrons. The predicted molar refractivity (Wildman–Crippen MR) is 101 cm³/mol. The topological polar surface area (TPSA) is 119 Å². The van der Waals surface area contributed by atoms with Crippen molar-refractivity contribution in [2.75, 3.05) is 6.54 Å². The van der Waals surface area contributed by atoms with Gasteiger partial charge in [-0.2, -0.15) is 5.10 Å². The Morgan fingerprint density at radius 1 is 1.23 bits per heavy atom. The zero-order chi connectivity index (χ0) is 18.5. The zero-order valence-corrected chi connectivity index (χ0v) is 14.8. The number of hydrogen-bond acceptors (Lipinski definition) is 4. The molecule has 0 aliphatic heterocycles. The highest BCUT2D eigenvalue weighted by Crippen LogP contribution is 2.30. The van der Waals surface area contributed by atoms with Gasteiger partial charge in [0.15, 0.2) is 5.76 Å². The van der Waals surface area contributed by atoms with Crippen molar-refractivity contribution >= 4 is 17.6 Å². The summed E-state index contributed by atoms with van der Waals surface area (Å²) >= 11 is 0. The highest BCUT2D eigenvalue weighted by atomic mass is 16.4. The zero-order valence-electron chi connectivity index (χ0n) is 14.8. The van der Waals surface area contributed by atoms with Gasteiger partial charge >= 0.3 is 0 Å². The maximum atomic E-state index is 12.5. The number of benzene rings is 1. The number of amides is 1. The fraction of sp³-hybridized carbons (Fsp3) is 0.316. The average Bonchev–Trinajstić information content (AvgIpc) is 2.98. The molecule has 0 spiro atoms. The number of fused-ring (bicyclic) bond motifs is 1. The van der Waals surface area contributed by atoms with Crippen LogP contribution < -0.4 is 16.8 Å². The fourth-order valence-corrected chi connectivity index (χ4v) is 3.15. The molecule has 0 saturated heterocycles. The van der Waals surface area contributed by atoms with Gasteiger partial charge in [0.05, 0.1) is 5.71 Å². The summed E-state index contributed by atoms with van der Waals surface area (Å²) in [6.07, 6.45) is 3.17. The normalized spacial score (nSPS) is 14.7. The Balaban J connectivity index is 1.74. The molecule has 0 fully saturated rings. The van der Waals surface area contributed by atoms with E-state index >= 15 is 0 Å². The van der Waals surface area contributed by atoms with Crippen LogP contribution in [-0.2, 0) is 12.8 Å². The first-order valence-electron chi connectivity index (χ1n) is 8.66. The number of nitrogens with two attached hydrogens (primary N) is 2. The molecule has 3 rings (SSSR count). The molecule has 5 N–H and O–H groups in total. The lowest BCUT2D eigenvalue weighted by molar-refractivity contribution is 0.0923. The quantitative estimate of drug-likeness (QED) is 0.432. The van der Waals surface area contributed by atoms with Crippen molar-refractivity contribution < 1.29 is 9.21 Å². The van der Waals surface area contributed by atoms with Crippen LogP contribution >= 0.6 is 0 Å². The minimum absolute atomic E-state index is 0.0929. The molecule has 26 heavy (non-hydrogen) atoms. The van der Waals surface area contributed by atoms with Gasteiger partial charge in [0, 0.05) is 24.1 Å². The number of guanidine groups is 1. The Labute approximate surface area is 152 Å². The minimum Gasteiger partial charge on any atom is -0.455 e. The number of carbonyl (C=O) groups is 1. The molecule has 1 aromatic carbocycles. The Morgan fingerprint density at radius 2 is 2.00 bits per heavy atom. The van der Waals surface area contributed by atoms with Gasteiger partial charge in [0.2, 0.25) is 5.96 Å². The number of nitrogens with zero attached hydrogens (tertiary/aromatic N) is 2. The number of aryl methyl sites for hydroxylation is 1. The van der Waals surface area contributed by atoms with E-state index in [1.165, 1.54) is 5.56 Å². The third-order valence-corrected chi connectivity index (χ3v) is 4.36. The molecule has 1 heterocycles. The standard InChI is InChI=1S/C19H23N5O2/c1-12-16-14(23-24-19(20)21)8-5-9-15(16)26-17(12)18(25)22-11-10-13-6-3-2-4-7-13/h2-4,6-7H,5,8-11H2,1H3,(H,22,25)(H4,20,21,24)/b23-14+. The minimum atomic E-state index is -0.214. The Kier molecular flexibility index (Phi) is 5.36. The maximum absolute atomic E-state index is 12.5. The van der Waals surface area contributed by atoms with Crippen molar-refractivity contribution in [1.82, 2.24) is 5.32 Å². The molecule has 0 atom stereocenters. The molecule has 1 aromatic heterocycles. The van der Waals surface area contributed by atoms with E-state index in [9.17, 15) is 4.79 Å². The van der Waals surface area contributed by atoms with E-state index in [2.05, 4.69) is 15.5 Å². The highest BCUT2D eigenvalue weighted by molar-refractivity contribution is 6.06. The first-order chi connectivity index (χ1) is 12.6. The molecule has 0 unspecified atom stereocenters. The number of furan rings is 1. The molecule has 1 amide bonds. The van der Waals surface area contributed by atoms with Gasteiger partial charge in [0.25, 0.3) is 5.91 Å². The van der Waals surface area contributed by atoms with Crippen molar-refractivity contribution in [2.45, 2.75) is 32.6 Å². The number of carbonyl (C=O) groups excluding carboxylic acids is 1. The van der Waals surface area contributed by atoms with E-state index in [1.807, 2.05) is 37.3 Å². The van der Waals surface area contributed by atoms with Gasteiger partial charge in [0.1, 0.15) is 5.76 Å². The molecular formula is C19H23N5O2. The summed E-state index contributed by atoms with van der Waals surface area (Å²) < 4.78 is 5.83. The van der Waals surface area contributed by atoms with Gasteiger partial charge in [-0.05, 0) is 31.7 Å². The summed E-state index contributed by atoms with van der Waals surface area (Å²) in [5.74, 6) is 0.799. The van der Waals surface area contributed by atoms with Crippen molar-refractivity contribution in [1.29, 1.82) is 0 Å². The van der Waals surface area contributed by atoms with Crippen molar-refractivity contribution in [3.05, 3.63) is 58.5 Å². The van der Waals surface area contributed by atoms with E-state index in [-0.39, 0.29) is 11.9 Å². The van der Waals surface area contributed by atoms with Crippen LogP contribution in [0, 0.1) is 6.92 Å². The van der Waals surface area contributed by atoms with Crippen molar-refractivity contribution in [3.63, 3.8) is 0 Å². The molecule has 0 bridgehead atoms. The summed E-state index contributed by atoms with van der Waals surface area (Å²) in [5, 5.41) is 10.8. The van der Waals surface area contributed by atoms with Crippen LogP contribution in [0.1, 0.15) is 45.8 Å². The molecular weight excluding hydrogens is 330 g/mol. The van der Waals surface area contributed by atoms with Crippen molar-refractivity contribution in [3.8, 4) is 0 Å². The molecule has 2 aromatic rings. The van der Waals surface area contributed by atoms with E-state index in [0.29, 0.717) is 12.3 Å². The number of rotatable bonds is 5. The van der Waals surface area contributed by atoms with E-state index in [1.54, 1.807) is 0 Å². The van der Waals surface area contributed by atoms with Gasteiger partial charge in [-0.15, -0.1) is 5.10 Å². The van der Waals surface area contributed by atoms with E-state index < -0.39 is 0 Å². The molecule has 136 valence electrons. The predicted octanol–water partition coefficient (Wildman–Crippen LogP) is 1.87. The number of hydrogen-bond donors (Lipinski definition) is 3. The Morgan fingerprint density at radius 3 is 2.73 bits per heavy atom. The second-order valence-electron chi connectivity index (χ2n) is 6.27. The van der Waals surface area contributed by atoms with Gasteiger partial charge in [-0.1, -0.05) is 30.3 Å². The summed E-state index contributed by atoms with van der Waals surface area (Å²) in [6.45, 7) is 2.41. The third kappa shape index (κ3) is 3.93. The summed E-state index contributed by atoms with van der Waals surface area (Å²) in [6, 6.07) is 10.0. The monoisotopic (exact) mass is 353 g/mol. The third-order valence-electron chi connectivity index (χ3n) is 4.36. The molecule has 7 heteroatoms. The van der Waals surface area contributed by atoms with Gasteiger partial charge < -0.3 is 21.2 Å². The van der Waals surface area contributed by atoms with Crippen LogP contribution in [-0.4, -0.2) is 24.1 Å². The fourth-order valence-electron chi connectivity index (χ4n) is 3.15. The van der Waals surface area contributed by atoms with Crippen LogP contribution in [0.15, 0.2) is 45.0 Å². The first kappa shape index (κ1) is 17.7. The van der Waals surface area contributed by atoms with Crippen LogP contribution in [0.3, 0.4) is 0 Å². The number of nitrogens with one attached hydrogen (secondary N) is 1. The SMILES string of the molecule is Cc1c(C(=O)NCCc2ccccc2)oc2c1/C(=N/N=C(N)N)CCC2. The second-order valence-corrected chi connectivity index (χ2v) is 6.27. The van der Waals surface area contributed by atoms with E-state index in [4.69, 9.17) is 15.9 Å². The molecule has 1 aliphatic carbocycles. The van der Waals surface area contributed by atoms with Crippen LogP contribution in [0.5, 0.6) is 0 Å². The van der Waals surface area contributed by atoms with Crippen LogP contribution in [0.25, 0.3) is 0 Å². The second kappa shape index (κ2) is 7.86. The maximum Gasteiger partial charge on any atom is 0.287 e. The first-order valence-corrected chi connectivity index (χ1v) is 8.66. The largest absolute Gasteiger partial charge is 0.455 e. The Bertz CT molecular complexity index is 848. The Hall–Kier alpha value is -3.09. The summed E-state index contributed by atoms with van der Waals surface area (Å²) in [5.41, 5.74) is 14.3. The van der Waals surface area contributed by atoms with Crippen LogP contribution in [0.2, 0.25) is 0 Å². The lowest BCUT2D eigenvalue weighted by Gasteiger charge is -2.11. The van der Waals surface area contributed by atoms with Gasteiger partial charge in [-0.3, -0.25) is 4.79 Å². The summed E-state index contributed by atoms with van der Waals surface area (Å²) in [4.78, 5) is 12.5. The lowest BCUT2D eigenvalue weighted by Crippen LogP contribution is -2.26. The molecule has 0 saturated carbocycles. The lowest BCUT2D eigenvalue weighted by atomic mass is 9.93. The molecule has 7 nitrogen and oxygen atoms in total. The summed E-state index contributed by atoms with van der Waals surface area (Å²) in [7, 11) is 0. The van der Waals surface area contributed by atoms with E-state index in [0.717, 1.165) is 48.3 Å². The van der Waals surface area contributed by atoms with Crippen molar-refractivity contribution in [2.24, 2.45) is 21.7 Å². The molecule has 1 aliphatic rings. The van der Waals surface area contributed by atoms with Gasteiger partial charge in [-0.25, -0.2) is 0 Å². The van der Waals surface area contributed by atoms with Crippen LogP contribution in [0.4, 0.5) is 0 Å². The average molecular weight is 353 g/mol.